The first-order chi connectivity index (χ1) is 10.7. The predicted molar refractivity (Wildman–Crippen MR) is 90.2 cm³/mol. The van der Waals surface area contributed by atoms with E-state index in [0.29, 0.717) is 11.4 Å². The minimum absolute atomic E-state index is 0.426. The third kappa shape index (κ3) is 2.23. The van der Waals surface area contributed by atoms with Gasteiger partial charge in [-0.25, -0.2) is 8.42 Å². The standard InChI is InChI=1S/C17H17NO2S2/c19-22(20,15-9-8-13-4-3-5-14(13)12-15)18-10-11-21-17-7-2-1-6-16(17)18/h1-2,6-9,12H,3-5,10-11H2. The Balaban J connectivity index is 1.79. The SMILES string of the molecule is O=S(=O)(c1ccc2c(c1)CCC2)N1CCSc2ccccc21. The van der Waals surface area contributed by atoms with Crippen LogP contribution in [-0.2, 0) is 22.9 Å². The second-order valence-corrected chi connectivity index (χ2v) is 8.68. The van der Waals surface area contributed by atoms with Crippen molar-refractivity contribution in [3.05, 3.63) is 53.6 Å². The molecule has 22 heavy (non-hydrogen) atoms. The summed E-state index contributed by atoms with van der Waals surface area (Å²) < 4.78 is 27.7. The number of nitrogens with zero attached hydrogens (tertiary/aromatic N) is 1. The molecule has 1 aliphatic carbocycles. The van der Waals surface area contributed by atoms with Gasteiger partial charge >= 0.3 is 0 Å². The Kier molecular flexibility index (Phi) is 3.42. The predicted octanol–water partition coefficient (Wildman–Crippen LogP) is 3.48. The Bertz CT molecular complexity index is 830. The van der Waals surface area contributed by atoms with Crippen molar-refractivity contribution in [3.8, 4) is 0 Å². The van der Waals surface area contributed by atoms with E-state index in [2.05, 4.69) is 0 Å². The van der Waals surface area contributed by atoms with E-state index in [-0.39, 0.29) is 0 Å². The Morgan fingerprint density at radius 3 is 2.73 bits per heavy atom. The summed E-state index contributed by atoms with van der Waals surface area (Å²) in [6.45, 7) is 0.529. The molecular weight excluding hydrogens is 314 g/mol. The smallest absolute Gasteiger partial charge is 0.264 e. The summed E-state index contributed by atoms with van der Waals surface area (Å²) >= 11 is 1.72. The maximum absolute atomic E-state index is 13.1. The van der Waals surface area contributed by atoms with Crippen LogP contribution in [0.15, 0.2) is 52.3 Å². The third-order valence-electron chi connectivity index (χ3n) is 4.34. The van der Waals surface area contributed by atoms with Crippen LogP contribution < -0.4 is 4.31 Å². The maximum Gasteiger partial charge on any atom is 0.264 e. The Morgan fingerprint density at radius 2 is 1.82 bits per heavy atom. The number of hydrogen-bond acceptors (Lipinski definition) is 3. The summed E-state index contributed by atoms with van der Waals surface area (Å²) in [6, 6.07) is 13.4. The summed E-state index contributed by atoms with van der Waals surface area (Å²) in [5.41, 5.74) is 3.30. The zero-order chi connectivity index (χ0) is 15.2. The highest BCUT2D eigenvalue weighted by atomic mass is 32.2. The van der Waals surface area contributed by atoms with Gasteiger partial charge in [0.25, 0.3) is 10.0 Å². The summed E-state index contributed by atoms with van der Waals surface area (Å²) in [5.74, 6) is 0.793. The molecule has 0 unspecified atom stereocenters. The lowest BCUT2D eigenvalue weighted by molar-refractivity contribution is 0.591. The molecule has 0 radical (unpaired) electrons. The molecule has 1 heterocycles. The second kappa shape index (κ2) is 5.32. The molecule has 0 saturated carbocycles. The molecule has 1 aliphatic heterocycles. The molecule has 0 amide bonds. The first-order valence-electron chi connectivity index (χ1n) is 7.53. The fourth-order valence-corrected chi connectivity index (χ4v) is 5.93. The van der Waals surface area contributed by atoms with Crippen LogP contribution >= 0.6 is 11.8 Å². The van der Waals surface area contributed by atoms with E-state index in [0.717, 1.165) is 35.6 Å². The molecule has 5 heteroatoms. The summed E-state index contributed by atoms with van der Waals surface area (Å²) in [7, 11) is -3.48. The molecule has 0 saturated heterocycles. The van der Waals surface area contributed by atoms with Gasteiger partial charge in [-0.2, -0.15) is 0 Å². The fraction of sp³-hybridized carbons (Fsp3) is 0.294. The van der Waals surface area contributed by atoms with Gasteiger partial charge < -0.3 is 0 Å². The molecule has 114 valence electrons. The highest BCUT2D eigenvalue weighted by Gasteiger charge is 2.30. The van der Waals surface area contributed by atoms with Crippen LogP contribution in [0.3, 0.4) is 0 Å². The molecule has 2 aromatic rings. The monoisotopic (exact) mass is 331 g/mol. The van der Waals surface area contributed by atoms with Crippen LogP contribution in [0.5, 0.6) is 0 Å². The molecule has 3 nitrogen and oxygen atoms in total. The molecule has 0 bridgehead atoms. The highest BCUT2D eigenvalue weighted by molar-refractivity contribution is 8.00. The number of rotatable bonds is 2. The van der Waals surface area contributed by atoms with Gasteiger partial charge in [-0.15, -0.1) is 11.8 Å². The zero-order valence-electron chi connectivity index (χ0n) is 12.2. The van der Waals surface area contributed by atoms with Crippen molar-refractivity contribution in [2.45, 2.75) is 29.1 Å². The number of benzene rings is 2. The topological polar surface area (TPSA) is 37.4 Å². The van der Waals surface area contributed by atoms with Gasteiger partial charge in [0, 0.05) is 17.2 Å². The molecule has 0 spiro atoms. The minimum atomic E-state index is -3.48. The number of para-hydroxylation sites is 1. The first-order valence-corrected chi connectivity index (χ1v) is 9.95. The average molecular weight is 331 g/mol. The summed E-state index contributed by atoms with van der Waals surface area (Å²) in [6.07, 6.45) is 3.19. The van der Waals surface area contributed by atoms with E-state index in [1.807, 2.05) is 36.4 Å². The minimum Gasteiger partial charge on any atom is -0.264 e. The number of hydrogen-bond donors (Lipinski definition) is 0. The van der Waals surface area contributed by atoms with Gasteiger partial charge in [0.1, 0.15) is 0 Å². The van der Waals surface area contributed by atoms with Crippen LogP contribution in [0.4, 0.5) is 5.69 Å². The van der Waals surface area contributed by atoms with E-state index >= 15 is 0 Å². The van der Waals surface area contributed by atoms with Crippen LogP contribution in [0.1, 0.15) is 17.5 Å². The molecule has 2 aliphatic rings. The number of aryl methyl sites for hydroxylation is 2. The summed E-state index contributed by atoms with van der Waals surface area (Å²) in [4.78, 5) is 1.47. The van der Waals surface area contributed by atoms with E-state index < -0.39 is 10.0 Å². The normalized spacial score (nSPS) is 17.2. The molecular formula is C17H17NO2S2. The van der Waals surface area contributed by atoms with Crippen LogP contribution in [0.2, 0.25) is 0 Å². The van der Waals surface area contributed by atoms with Gasteiger partial charge in [-0.3, -0.25) is 4.31 Å². The highest BCUT2D eigenvalue weighted by Crippen LogP contribution is 2.38. The Hall–Kier alpha value is -1.46. The van der Waals surface area contributed by atoms with Crippen molar-refractivity contribution in [1.82, 2.24) is 0 Å². The van der Waals surface area contributed by atoms with Crippen molar-refractivity contribution < 1.29 is 8.42 Å². The molecule has 0 atom stereocenters. The number of sulfonamides is 1. The molecule has 2 aromatic carbocycles. The van der Waals surface area contributed by atoms with Crippen molar-refractivity contribution in [3.63, 3.8) is 0 Å². The second-order valence-electron chi connectivity index (χ2n) is 5.68. The van der Waals surface area contributed by atoms with Gasteiger partial charge in [-0.1, -0.05) is 18.2 Å². The van der Waals surface area contributed by atoms with Gasteiger partial charge in [0.15, 0.2) is 0 Å². The zero-order valence-corrected chi connectivity index (χ0v) is 13.8. The largest absolute Gasteiger partial charge is 0.264 e. The van der Waals surface area contributed by atoms with Crippen molar-refractivity contribution >= 4 is 27.5 Å². The van der Waals surface area contributed by atoms with Gasteiger partial charge in [-0.05, 0) is 54.7 Å². The van der Waals surface area contributed by atoms with Crippen molar-refractivity contribution in [1.29, 1.82) is 0 Å². The fourth-order valence-electron chi connectivity index (χ4n) is 3.23. The lowest BCUT2D eigenvalue weighted by atomic mass is 10.1. The average Bonchev–Trinajstić information content (AvgIpc) is 3.02. The van der Waals surface area contributed by atoms with Crippen molar-refractivity contribution in [2.75, 3.05) is 16.6 Å². The number of thioether (sulfide) groups is 1. The quantitative estimate of drug-likeness (QED) is 0.845. The van der Waals surface area contributed by atoms with E-state index in [4.69, 9.17) is 0 Å². The lowest BCUT2D eigenvalue weighted by Crippen LogP contribution is -2.35. The van der Waals surface area contributed by atoms with Crippen LogP contribution in [0, 0.1) is 0 Å². The maximum atomic E-state index is 13.1. The third-order valence-corrected chi connectivity index (χ3v) is 7.20. The Morgan fingerprint density at radius 1 is 1.00 bits per heavy atom. The van der Waals surface area contributed by atoms with E-state index in [1.165, 1.54) is 11.1 Å². The molecule has 0 fully saturated rings. The van der Waals surface area contributed by atoms with Gasteiger partial charge in [0.05, 0.1) is 10.6 Å². The number of fused-ring (bicyclic) bond motifs is 2. The van der Waals surface area contributed by atoms with Gasteiger partial charge in [0.2, 0.25) is 0 Å². The molecule has 4 rings (SSSR count). The summed E-state index contributed by atoms with van der Waals surface area (Å²) in [5, 5.41) is 0. The first kappa shape index (κ1) is 14.2. The van der Waals surface area contributed by atoms with E-state index in [9.17, 15) is 8.42 Å². The molecule has 0 N–H and O–H groups in total. The molecule has 0 aromatic heterocycles. The number of anilines is 1. The van der Waals surface area contributed by atoms with E-state index in [1.54, 1.807) is 22.1 Å². The Labute approximate surface area is 135 Å². The van der Waals surface area contributed by atoms with Crippen LogP contribution in [-0.4, -0.2) is 20.7 Å². The van der Waals surface area contributed by atoms with Crippen molar-refractivity contribution in [2.24, 2.45) is 0 Å². The van der Waals surface area contributed by atoms with Crippen LogP contribution in [0.25, 0.3) is 0 Å². The lowest BCUT2D eigenvalue weighted by Gasteiger charge is -2.30.